The van der Waals surface area contributed by atoms with Crippen molar-refractivity contribution in [3.63, 3.8) is 0 Å². The molecule has 12 heavy (non-hydrogen) atoms. The largest absolute Gasteiger partial charge is 0.265 e. The van der Waals surface area contributed by atoms with Crippen molar-refractivity contribution in [2.75, 3.05) is 0 Å². The Hall–Kier alpha value is -0.930. The van der Waals surface area contributed by atoms with Gasteiger partial charge in [-0.3, -0.25) is 10.2 Å². The SMILES string of the molecule is CCC.OOCc1ccncc1. The lowest BCUT2D eigenvalue weighted by Crippen LogP contribution is -1.86. The van der Waals surface area contributed by atoms with Crippen molar-refractivity contribution in [2.24, 2.45) is 0 Å². The van der Waals surface area contributed by atoms with Gasteiger partial charge in [0.2, 0.25) is 0 Å². The summed E-state index contributed by atoms with van der Waals surface area (Å²) in [5.41, 5.74) is 0.910. The standard InChI is InChI=1S/C6H7NO2.C3H8/c8-9-5-6-1-3-7-4-2-6;1-3-2/h1-4,8H,5H2;3H2,1-2H3. The first kappa shape index (κ1) is 11.1. The number of hydrogen-bond donors (Lipinski definition) is 1. The Labute approximate surface area is 73.0 Å². The predicted octanol–water partition coefficient (Wildman–Crippen LogP) is 2.49. The maximum absolute atomic E-state index is 8.00. The van der Waals surface area contributed by atoms with Crippen molar-refractivity contribution >= 4 is 0 Å². The summed E-state index contributed by atoms with van der Waals surface area (Å²) >= 11 is 0. The summed E-state index contributed by atoms with van der Waals surface area (Å²) in [5, 5.41) is 8.00. The van der Waals surface area contributed by atoms with E-state index in [9.17, 15) is 0 Å². The van der Waals surface area contributed by atoms with E-state index in [1.807, 2.05) is 0 Å². The summed E-state index contributed by atoms with van der Waals surface area (Å²) in [5.74, 6) is 0. The van der Waals surface area contributed by atoms with E-state index in [1.165, 1.54) is 6.42 Å². The Morgan fingerprint density at radius 2 is 1.83 bits per heavy atom. The van der Waals surface area contributed by atoms with Crippen LogP contribution in [0.4, 0.5) is 0 Å². The molecule has 1 heterocycles. The van der Waals surface area contributed by atoms with Crippen LogP contribution in [0, 0.1) is 0 Å². The van der Waals surface area contributed by atoms with Crippen molar-refractivity contribution in [1.82, 2.24) is 4.98 Å². The fraction of sp³-hybridized carbons (Fsp3) is 0.444. The summed E-state index contributed by atoms with van der Waals surface area (Å²) in [7, 11) is 0. The molecule has 0 aliphatic carbocycles. The van der Waals surface area contributed by atoms with E-state index in [1.54, 1.807) is 24.5 Å². The van der Waals surface area contributed by atoms with Gasteiger partial charge in [-0.2, -0.15) is 0 Å². The van der Waals surface area contributed by atoms with Gasteiger partial charge >= 0.3 is 0 Å². The van der Waals surface area contributed by atoms with Crippen LogP contribution in [0.15, 0.2) is 24.5 Å². The number of rotatable bonds is 2. The Morgan fingerprint density at radius 3 is 2.25 bits per heavy atom. The van der Waals surface area contributed by atoms with E-state index in [0.717, 1.165) is 5.56 Å². The molecule has 3 heteroatoms. The average molecular weight is 169 g/mol. The predicted molar refractivity (Wildman–Crippen MR) is 47.6 cm³/mol. The van der Waals surface area contributed by atoms with Gasteiger partial charge in [-0.05, 0) is 17.7 Å². The molecule has 68 valence electrons. The molecule has 1 aromatic rings. The van der Waals surface area contributed by atoms with Gasteiger partial charge in [0.15, 0.2) is 0 Å². The second-order valence-electron chi connectivity index (χ2n) is 2.34. The molecular weight excluding hydrogens is 154 g/mol. The molecule has 1 N–H and O–H groups in total. The number of hydrogen-bond acceptors (Lipinski definition) is 3. The van der Waals surface area contributed by atoms with E-state index in [0.29, 0.717) is 0 Å². The minimum atomic E-state index is 0.225. The molecule has 0 saturated heterocycles. The third-order valence-electron chi connectivity index (χ3n) is 0.981. The molecule has 0 aliphatic heterocycles. The topological polar surface area (TPSA) is 42.4 Å². The monoisotopic (exact) mass is 169 g/mol. The van der Waals surface area contributed by atoms with Crippen molar-refractivity contribution in [3.05, 3.63) is 30.1 Å². The zero-order chi connectivity index (χ0) is 9.23. The van der Waals surface area contributed by atoms with Crippen molar-refractivity contribution in [2.45, 2.75) is 26.9 Å². The van der Waals surface area contributed by atoms with E-state index in [-0.39, 0.29) is 6.61 Å². The first-order valence-corrected chi connectivity index (χ1v) is 4.00. The molecule has 0 bridgehead atoms. The fourth-order valence-electron chi connectivity index (χ4n) is 0.554. The molecule has 0 unspecified atom stereocenters. The van der Waals surface area contributed by atoms with Crippen LogP contribution in [0.25, 0.3) is 0 Å². The van der Waals surface area contributed by atoms with Crippen molar-refractivity contribution < 1.29 is 10.1 Å². The van der Waals surface area contributed by atoms with Crippen molar-refractivity contribution in [3.8, 4) is 0 Å². The van der Waals surface area contributed by atoms with Gasteiger partial charge in [0, 0.05) is 12.4 Å². The summed E-state index contributed by atoms with van der Waals surface area (Å²) < 4.78 is 0. The molecule has 3 nitrogen and oxygen atoms in total. The highest BCUT2D eigenvalue weighted by atomic mass is 17.1. The number of nitrogens with zero attached hydrogens (tertiary/aromatic N) is 1. The van der Waals surface area contributed by atoms with Gasteiger partial charge in [0.25, 0.3) is 0 Å². The normalized spacial score (nSPS) is 8.58. The van der Waals surface area contributed by atoms with Crippen LogP contribution in [-0.2, 0) is 11.5 Å². The smallest absolute Gasteiger partial charge is 0.107 e. The third kappa shape index (κ3) is 5.82. The molecule has 1 rings (SSSR count). The van der Waals surface area contributed by atoms with Gasteiger partial charge < -0.3 is 0 Å². The highest BCUT2D eigenvalue weighted by molar-refractivity contribution is 5.07. The highest BCUT2D eigenvalue weighted by Crippen LogP contribution is 1.95. The summed E-state index contributed by atoms with van der Waals surface area (Å²) in [6, 6.07) is 3.55. The molecule has 0 fully saturated rings. The summed E-state index contributed by atoms with van der Waals surface area (Å²) in [4.78, 5) is 7.69. The molecule has 0 radical (unpaired) electrons. The van der Waals surface area contributed by atoms with Crippen LogP contribution in [0.5, 0.6) is 0 Å². The first-order chi connectivity index (χ1) is 5.85. The highest BCUT2D eigenvalue weighted by Gasteiger charge is 1.86. The van der Waals surface area contributed by atoms with Gasteiger partial charge in [-0.25, -0.2) is 4.89 Å². The second kappa shape index (κ2) is 8.17. The Morgan fingerprint density at radius 1 is 1.33 bits per heavy atom. The lowest BCUT2D eigenvalue weighted by atomic mass is 10.3. The van der Waals surface area contributed by atoms with Crippen LogP contribution in [0.3, 0.4) is 0 Å². The van der Waals surface area contributed by atoms with E-state index in [2.05, 4.69) is 23.7 Å². The Balaban J connectivity index is 0.000000354. The van der Waals surface area contributed by atoms with Crippen molar-refractivity contribution in [1.29, 1.82) is 0 Å². The van der Waals surface area contributed by atoms with Crippen LogP contribution >= 0.6 is 0 Å². The van der Waals surface area contributed by atoms with Crippen LogP contribution in [0.1, 0.15) is 25.8 Å². The molecule has 0 atom stereocenters. The van der Waals surface area contributed by atoms with E-state index < -0.39 is 0 Å². The van der Waals surface area contributed by atoms with Crippen LogP contribution in [0.2, 0.25) is 0 Å². The molecule has 0 aliphatic rings. The maximum Gasteiger partial charge on any atom is 0.107 e. The van der Waals surface area contributed by atoms with Gasteiger partial charge in [0.05, 0.1) is 0 Å². The lowest BCUT2D eigenvalue weighted by Gasteiger charge is -1.93. The van der Waals surface area contributed by atoms with E-state index in [4.69, 9.17) is 5.26 Å². The summed E-state index contributed by atoms with van der Waals surface area (Å²) in [6.07, 6.45) is 4.54. The quantitative estimate of drug-likeness (QED) is 0.546. The summed E-state index contributed by atoms with van der Waals surface area (Å²) in [6.45, 7) is 4.47. The molecular formula is C9H15NO2. The molecule has 0 spiro atoms. The Bertz CT molecular complexity index is 177. The van der Waals surface area contributed by atoms with Gasteiger partial charge in [0.1, 0.15) is 6.61 Å². The number of aromatic nitrogens is 1. The lowest BCUT2D eigenvalue weighted by molar-refractivity contribution is -0.253. The van der Waals surface area contributed by atoms with Crippen LogP contribution in [-0.4, -0.2) is 10.2 Å². The maximum atomic E-state index is 8.00. The molecule has 0 aromatic carbocycles. The molecule has 1 aromatic heterocycles. The third-order valence-corrected chi connectivity index (χ3v) is 0.981. The average Bonchev–Trinajstić information content (AvgIpc) is 2.08. The zero-order valence-electron chi connectivity index (χ0n) is 7.53. The van der Waals surface area contributed by atoms with Gasteiger partial charge in [-0.15, -0.1) is 0 Å². The molecule has 0 amide bonds. The molecule has 0 saturated carbocycles. The Kier molecular flexibility index (Phi) is 7.54. The minimum Gasteiger partial charge on any atom is -0.265 e. The number of pyridine rings is 1. The zero-order valence-corrected chi connectivity index (χ0v) is 7.53. The van der Waals surface area contributed by atoms with E-state index >= 15 is 0 Å². The van der Waals surface area contributed by atoms with Gasteiger partial charge in [-0.1, -0.05) is 20.3 Å². The van der Waals surface area contributed by atoms with Crippen LogP contribution < -0.4 is 0 Å². The fourth-order valence-corrected chi connectivity index (χ4v) is 0.554. The second-order valence-corrected chi connectivity index (χ2v) is 2.34. The minimum absolute atomic E-state index is 0.225. The first-order valence-electron chi connectivity index (χ1n) is 4.00.